The van der Waals surface area contributed by atoms with Gasteiger partial charge in [0.2, 0.25) is 5.91 Å². The van der Waals surface area contributed by atoms with E-state index < -0.39 is 5.54 Å². The molecule has 146 valence electrons. The van der Waals surface area contributed by atoms with Crippen LogP contribution in [0.5, 0.6) is 0 Å². The number of carbonyl (C=O) groups is 3. The number of rotatable bonds is 4. The van der Waals surface area contributed by atoms with E-state index in [0.29, 0.717) is 37.2 Å². The van der Waals surface area contributed by atoms with Crippen molar-refractivity contribution in [3.8, 4) is 0 Å². The Morgan fingerprint density at radius 1 is 0.963 bits per heavy atom. The van der Waals surface area contributed by atoms with Gasteiger partial charge in [0, 0.05) is 24.3 Å². The molecule has 0 bridgehead atoms. The molecule has 0 atom stereocenters. The number of nitrogens with two attached hydrogens (primary N) is 1. The fourth-order valence-corrected chi connectivity index (χ4v) is 4.11. The number of urea groups is 1. The lowest BCUT2D eigenvalue weighted by Gasteiger charge is -2.48. The number of hydrogen-bond donors (Lipinski definition) is 2. The van der Waals surface area contributed by atoms with E-state index in [2.05, 4.69) is 10.2 Å². The molecule has 0 saturated carbocycles. The van der Waals surface area contributed by atoms with Crippen molar-refractivity contribution in [3.63, 3.8) is 0 Å². The number of benzene rings is 1. The maximum Gasteiger partial charge on any atom is 0.321 e. The maximum absolute atomic E-state index is 12.6. The molecular weight excluding hydrogens is 344 g/mol. The van der Waals surface area contributed by atoms with Crippen LogP contribution in [0.25, 0.3) is 0 Å². The molecule has 0 aromatic heterocycles. The van der Waals surface area contributed by atoms with Gasteiger partial charge in [0.15, 0.2) is 5.78 Å². The van der Waals surface area contributed by atoms with Gasteiger partial charge in [-0.25, -0.2) is 4.79 Å². The molecule has 2 saturated heterocycles. The number of anilines is 1. The Balaban J connectivity index is 1.60. The zero-order chi connectivity index (χ0) is 19.4. The highest BCUT2D eigenvalue weighted by molar-refractivity contribution is 5.95. The Labute approximate surface area is 159 Å². The molecule has 2 aliphatic heterocycles. The standard InChI is InChI=1S/C20H28N4O3/c1-15(25)16-5-7-17(8-6-16)22-19(27)23-13-9-20(10-14-23,18(21)26)24-11-3-2-4-12-24/h5-8H,2-4,9-14H2,1H3,(H2,21,26)(H,22,27). The Hall–Kier alpha value is -2.41. The van der Waals surface area contributed by atoms with E-state index in [9.17, 15) is 14.4 Å². The molecule has 7 nitrogen and oxygen atoms in total. The van der Waals surface area contributed by atoms with E-state index >= 15 is 0 Å². The minimum absolute atomic E-state index is 0.00980. The van der Waals surface area contributed by atoms with E-state index in [1.807, 2.05) is 0 Å². The number of piperidine rings is 2. The lowest BCUT2D eigenvalue weighted by Crippen LogP contribution is -2.64. The molecule has 1 aromatic carbocycles. The predicted octanol–water partition coefficient (Wildman–Crippen LogP) is 2.23. The highest BCUT2D eigenvalue weighted by Crippen LogP contribution is 2.31. The molecule has 2 fully saturated rings. The van der Waals surface area contributed by atoms with Crippen molar-refractivity contribution in [3.05, 3.63) is 29.8 Å². The Morgan fingerprint density at radius 3 is 2.07 bits per heavy atom. The van der Waals surface area contributed by atoms with Gasteiger partial charge in [-0.2, -0.15) is 0 Å². The summed E-state index contributed by atoms with van der Waals surface area (Å²) in [5, 5.41) is 2.86. The molecule has 0 unspecified atom stereocenters. The highest BCUT2D eigenvalue weighted by Gasteiger charge is 2.45. The van der Waals surface area contributed by atoms with Gasteiger partial charge in [0.05, 0.1) is 0 Å². The van der Waals surface area contributed by atoms with Gasteiger partial charge in [0.1, 0.15) is 5.54 Å². The van der Waals surface area contributed by atoms with Crippen LogP contribution in [0.4, 0.5) is 10.5 Å². The zero-order valence-electron chi connectivity index (χ0n) is 15.9. The monoisotopic (exact) mass is 372 g/mol. The maximum atomic E-state index is 12.6. The third-order valence-electron chi connectivity index (χ3n) is 5.84. The van der Waals surface area contributed by atoms with Crippen LogP contribution in [0.3, 0.4) is 0 Å². The molecular formula is C20H28N4O3. The van der Waals surface area contributed by atoms with Gasteiger partial charge in [-0.3, -0.25) is 14.5 Å². The molecule has 3 N–H and O–H groups in total. The average Bonchev–Trinajstić information content (AvgIpc) is 2.69. The van der Waals surface area contributed by atoms with E-state index in [4.69, 9.17) is 5.73 Å². The van der Waals surface area contributed by atoms with Crippen molar-refractivity contribution in [1.82, 2.24) is 9.80 Å². The second-order valence-corrected chi connectivity index (χ2v) is 7.49. The molecule has 2 heterocycles. The molecule has 0 radical (unpaired) electrons. The second kappa shape index (κ2) is 8.08. The summed E-state index contributed by atoms with van der Waals surface area (Å²) < 4.78 is 0. The van der Waals surface area contributed by atoms with Crippen LogP contribution < -0.4 is 11.1 Å². The molecule has 3 rings (SSSR count). The summed E-state index contributed by atoms with van der Waals surface area (Å²) in [6.07, 6.45) is 4.52. The third-order valence-corrected chi connectivity index (χ3v) is 5.84. The van der Waals surface area contributed by atoms with Crippen LogP contribution >= 0.6 is 0 Å². The van der Waals surface area contributed by atoms with E-state index in [0.717, 1.165) is 25.9 Å². The fourth-order valence-electron chi connectivity index (χ4n) is 4.11. The third kappa shape index (κ3) is 4.13. The first kappa shape index (κ1) is 19.4. The highest BCUT2D eigenvalue weighted by atomic mass is 16.2. The minimum Gasteiger partial charge on any atom is -0.368 e. The van der Waals surface area contributed by atoms with Crippen molar-refractivity contribution in [2.75, 3.05) is 31.5 Å². The van der Waals surface area contributed by atoms with Gasteiger partial charge in [-0.05, 0) is 70.0 Å². The normalized spacial score (nSPS) is 20.1. The van der Waals surface area contributed by atoms with Crippen LogP contribution in [0, 0.1) is 0 Å². The van der Waals surface area contributed by atoms with Gasteiger partial charge in [-0.1, -0.05) is 6.42 Å². The predicted molar refractivity (Wildman–Crippen MR) is 104 cm³/mol. The number of ketones is 1. The van der Waals surface area contributed by atoms with Gasteiger partial charge in [0.25, 0.3) is 0 Å². The van der Waals surface area contributed by atoms with Crippen LogP contribution in [0.2, 0.25) is 0 Å². The van der Waals surface area contributed by atoms with Crippen LogP contribution in [-0.2, 0) is 4.79 Å². The largest absolute Gasteiger partial charge is 0.368 e. The van der Waals surface area contributed by atoms with E-state index in [-0.39, 0.29) is 17.7 Å². The summed E-state index contributed by atoms with van der Waals surface area (Å²) in [5.41, 5.74) is 6.42. The Bertz CT molecular complexity index is 702. The first-order valence-corrected chi connectivity index (χ1v) is 9.64. The number of nitrogens with one attached hydrogen (secondary N) is 1. The first-order chi connectivity index (χ1) is 12.9. The molecule has 0 spiro atoms. The average molecular weight is 372 g/mol. The number of likely N-dealkylation sites (tertiary alicyclic amines) is 2. The number of nitrogens with zero attached hydrogens (tertiary/aromatic N) is 2. The van der Waals surface area contributed by atoms with Crippen LogP contribution in [0.15, 0.2) is 24.3 Å². The molecule has 27 heavy (non-hydrogen) atoms. The van der Waals surface area contributed by atoms with E-state index in [1.165, 1.54) is 13.3 Å². The number of primary amides is 1. The van der Waals surface area contributed by atoms with Crippen molar-refractivity contribution >= 4 is 23.4 Å². The van der Waals surface area contributed by atoms with Crippen molar-refractivity contribution < 1.29 is 14.4 Å². The summed E-state index contributed by atoms with van der Waals surface area (Å²) in [6.45, 7) is 4.30. The Kier molecular flexibility index (Phi) is 5.79. The summed E-state index contributed by atoms with van der Waals surface area (Å²) >= 11 is 0. The van der Waals surface area contributed by atoms with Crippen molar-refractivity contribution in [2.24, 2.45) is 5.73 Å². The Morgan fingerprint density at radius 2 is 1.56 bits per heavy atom. The summed E-state index contributed by atoms with van der Waals surface area (Å²) in [6, 6.07) is 6.65. The molecule has 0 aliphatic carbocycles. The van der Waals surface area contributed by atoms with Crippen LogP contribution in [0.1, 0.15) is 49.4 Å². The number of carbonyl (C=O) groups excluding carboxylic acids is 3. The number of Topliss-reactive ketones (excluding diaryl/α,β-unsaturated/α-hetero) is 1. The fraction of sp³-hybridized carbons (Fsp3) is 0.550. The van der Waals surface area contributed by atoms with Crippen LogP contribution in [-0.4, -0.2) is 59.2 Å². The quantitative estimate of drug-likeness (QED) is 0.792. The van der Waals surface area contributed by atoms with Gasteiger partial charge in [-0.15, -0.1) is 0 Å². The zero-order valence-corrected chi connectivity index (χ0v) is 15.9. The van der Waals surface area contributed by atoms with Crippen molar-refractivity contribution in [2.45, 2.75) is 44.6 Å². The second-order valence-electron chi connectivity index (χ2n) is 7.49. The summed E-state index contributed by atoms with van der Waals surface area (Å²) in [5.74, 6) is -0.284. The summed E-state index contributed by atoms with van der Waals surface area (Å²) in [4.78, 5) is 40.1. The van der Waals surface area contributed by atoms with Gasteiger partial charge >= 0.3 is 6.03 Å². The lowest BCUT2D eigenvalue weighted by atomic mass is 9.83. The van der Waals surface area contributed by atoms with Gasteiger partial charge < -0.3 is 16.0 Å². The lowest BCUT2D eigenvalue weighted by molar-refractivity contribution is -0.134. The molecule has 7 heteroatoms. The summed E-state index contributed by atoms with van der Waals surface area (Å²) in [7, 11) is 0. The number of amides is 3. The van der Waals surface area contributed by atoms with E-state index in [1.54, 1.807) is 29.2 Å². The van der Waals surface area contributed by atoms with Crippen molar-refractivity contribution in [1.29, 1.82) is 0 Å². The molecule has 2 aliphatic rings. The molecule has 3 amide bonds. The first-order valence-electron chi connectivity index (χ1n) is 9.64. The topological polar surface area (TPSA) is 95.7 Å². The molecule has 1 aromatic rings. The minimum atomic E-state index is -0.625. The smallest absolute Gasteiger partial charge is 0.321 e. The SMILES string of the molecule is CC(=O)c1ccc(NC(=O)N2CCC(C(N)=O)(N3CCCCC3)CC2)cc1. The number of hydrogen-bond acceptors (Lipinski definition) is 4.